The Kier molecular flexibility index (Phi) is 5.39. The van der Waals surface area contributed by atoms with E-state index in [1.54, 1.807) is 24.3 Å². The number of likely N-dealkylation sites (tertiary alicyclic amines) is 1. The molecule has 5 nitrogen and oxygen atoms in total. The molecule has 1 aromatic carbocycles. The first-order chi connectivity index (χ1) is 15.1. The number of rotatable bonds is 3. The van der Waals surface area contributed by atoms with E-state index >= 15 is 0 Å². The van der Waals surface area contributed by atoms with Crippen molar-refractivity contribution in [3.8, 4) is 5.75 Å². The molecular formula is C26H37NO4S. The standard InChI is InChI=1S/C26H37NO4S/c1-16-15-23-26(2,14-13-24(28)27(23)3)21-11-9-19-20(25(16)21)10-12-22(19)31-17-5-7-18(8-6-17)32(4,29)30/h5-8,16,19-23,25H,9-15H2,1-4H3/t16-,19?,20?,21?,22-,23?,25?,26+/m0/s1. The lowest BCUT2D eigenvalue weighted by atomic mass is 9.47. The molecule has 1 aromatic rings. The van der Waals surface area contributed by atoms with Gasteiger partial charge in [-0.25, -0.2) is 8.42 Å². The van der Waals surface area contributed by atoms with Crippen LogP contribution in [0.2, 0.25) is 0 Å². The van der Waals surface area contributed by atoms with Crippen LogP contribution in [0.25, 0.3) is 0 Å². The zero-order valence-electron chi connectivity index (χ0n) is 19.8. The normalized spacial score (nSPS) is 41.6. The van der Waals surface area contributed by atoms with Crippen LogP contribution in [0.3, 0.4) is 0 Å². The minimum Gasteiger partial charge on any atom is -0.490 e. The second kappa shape index (κ2) is 7.75. The fourth-order valence-electron chi connectivity index (χ4n) is 8.18. The second-order valence-electron chi connectivity index (χ2n) is 11.3. The fraction of sp³-hybridized carbons (Fsp3) is 0.731. The van der Waals surface area contributed by atoms with Gasteiger partial charge >= 0.3 is 0 Å². The minimum absolute atomic E-state index is 0.221. The predicted molar refractivity (Wildman–Crippen MR) is 124 cm³/mol. The number of hydrogen-bond acceptors (Lipinski definition) is 4. The van der Waals surface area contributed by atoms with Gasteiger partial charge < -0.3 is 9.64 Å². The summed E-state index contributed by atoms with van der Waals surface area (Å²) in [7, 11) is -1.16. The van der Waals surface area contributed by atoms with Crippen molar-refractivity contribution >= 4 is 15.7 Å². The third kappa shape index (κ3) is 3.48. The molecule has 8 atom stereocenters. The van der Waals surface area contributed by atoms with Crippen molar-refractivity contribution in [3.05, 3.63) is 24.3 Å². The van der Waals surface area contributed by atoms with E-state index in [4.69, 9.17) is 4.74 Å². The third-order valence-electron chi connectivity index (χ3n) is 9.72. The first-order valence-corrected chi connectivity index (χ1v) is 14.2. The number of amides is 1. The Morgan fingerprint density at radius 1 is 1.06 bits per heavy atom. The number of carbonyl (C=O) groups excluding carboxylic acids is 1. The molecule has 0 aromatic heterocycles. The number of benzene rings is 1. The highest BCUT2D eigenvalue weighted by Gasteiger charge is 2.60. The van der Waals surface area contributed by atoms with Crippen LogP contribution >= 0.6 is 0 Å². The summed E-state index contributed by atoms with van der Waals surface area (Å²) >= 11 is 0. The van der Waals surface area contributed by atoms with Crippen molar-refractivity contribution in [2.24, 2.45) is 35.0 Å². The van der Waals surface area contributed by atoms with Crippen LogP contribution in [0.1, 0.15) is 58.8 Å². The molecule has 1 saturated heterocycles. The molecule has 0 N–H and O–H groups in total. The summed E-state index contributed by atoms with van der Waals surface area (Å²) in [5.41, 5.74) is 0.241. The van der Waals surface area contributed by atoms with Gasteiger partial charge in [0.15, 0.2) is 9.84 Å². The number of ether oxygens (including phenoxy) is 1. The van der Waals surface area contributed by atoms with Gasteiger partial charge in [0.25, 0.3) is 0 Å². The molecule has 4 aliphatic rings. The summed E-state index contributed by atoms with van der Waals surface area (Å²) in [5, 5.41) is 0. The van der Waals surface area contributed by atoms with E-state index in [0.29, 0.717) is 46.9 Å². The van der Waals surface area contributed by atoms with Crippen LogP contribution in [0, 0.1) is 35.0 Å². The summed E-state index contributed by atoms with van der Waals surface area (Å²) in [6.07, 6.45) is 9.06. The van der Waals surface area contributed by atoms with Crippen LogP contribution in [-0.4, -0.2) is 44.7 Å². The molecule has 0 spiro atoms. The fourth-order valence-corrected chi connectivity index (χ4v) is 8.81. The van der Waals surface area contributed by atoms with Crippen molar-refractivity contribution in [2.75, 3.05) is 13.3 Å². The maximum Gasteiger partial charge on any atom is 0.222 e. The average molecular weight is 460 g/mol. The van der Waals surface area contributed by atoms with Crippen LogP contribution in [0.15, 0.2) is 29.2 Å². The Bertz CT molecular complexity index is 990. The van der Waals surface area contributed by atoms with E-state index in [1.165, 1.54) is 25.5 Å². The molecule has 1 aliphatic heterocycles. The van der Waals surface area contributed by atoms with E-state index in [0.717, 1.165) is 30.9 Å². The average Bonchev–Trinajstić information content (AvgIpc) is 3.15. The molecule has 5 unspecified atom stereocenters. The van der Waals surface area contributed by atoms with Crippen LogP contribution in [0.5, 0.6) is 5.75 Å². The molecule has 6 heteroatoms. The van der Waals surface area contributed by atoms with Gasteiger partial charge in [0.05, 0.1) is 4.90 Å². The number of sulfone groups is 1. The van der Waals surface area contributed by atoms with Crippen LogP contribution in [0.4, 0.5) is 0 Å². The topological polar surface area (TPSA) is 63.7 Å². The SMILES string of the molecule is C[C@H]1CC2N(C)C(=O)CC[C@]2(C)C2CCC3C(CC[C@@H]3Oc3ccc(S(C)(=O)=O)cc3)C21. The van der Waals surface area contributed by atoms with Crippen LogP contribution in [-0.2, 0) is 14.6 Å². The molecule has 176 valence electrons. The van der Waals surface area contributed by atoms with Crippen molar-refractivity contribution in [1.29, 1.82) is 0 Å². The van der Waals surface area contributed by atoms with Gasteiger partial charge in [-0.1, -0.05) is 13.8 Å². The van der Waals surface area contributed by atoms with Crippen molar-refractivity contribution in [2.45, 2.75) is 75.8 Å². The minimum atomic E-state index is -3.19. The summed E-state index contributed by atoms with van der Waals surface area (Å²) in [6, 6.07) is 7.30. The van der Waals surface area contributed by atoms with Gasteiger partial charge in [-0.15, -0.1) is 0 Å². The number of piperidine rings is 1. The van der Waals surface area contributed by atoms with E-state index in [2.05, 4.69) is 18.7 Å². The quantitative estimate of drug-likeness (QED) is 0.665. The molecule has 0 radical (unpaired) electrons. The molecule has 32 heavy (non-hydrogen) atoms. The maximum absolute atomic E-state index is 12.4. The summed E-state index contributed by atoms with van der Waals surface area (Å²) in [6.45, 7) is 4.89. The van der Waals surface area contributed by atoms with Gasteiger partial charge in [0.2, 0.25) is 5.91 Å². The lowest BCUT2D eigenvalue weighted by molar-refractivity contribution is -0.161. The molecule has 0 bridgehead atoms. The molecule has 5 rings (SSSR count). The van der Waals surface area contributed by atoms with Gasteiger partial charge in [-0.05, 0) is 97.8 Å². The largest absolute Gasteiger partial charge is 0.490 e. The monoisotopic (exact) mass is 459 g/mol. The Morgan fingerprint density at radius 2 is 1.75 bits per heavy atom. The molecule has 4 fully saturated rings. The Morgan fingerprint density at radius 3 is 2.44 bits per heavy atom. The third-order valence-corrected chi connectivity index (χ3v) is 10.8. The van der Waals surface area contributed by atoms with Gasteiger partial charge in [-0.2, -0.15) is 0 Å². The lowest BCUT2D eigenvalue weighted by Crippen LogP contribution is -2.62. The highest BCUT2D eigenvalue weighted by Crippen LogP contribution is 2.62. The summed E-state index contributed by atoms with van der Waals surface area (Å²) in [4.78, 5) is 14.8. The highest BCUT2D eigenvalue weighted by atomic mass is 32.2. The van der Waals surface area contributed by atoms with Gasteiger partial charge in [0, 0.05) is 25.8 Å². The van der Waals surface area contributed by atoms with Crippen molar-refractivity contribution in [1.82, 2.24) is 4.90 Å². The second-order valence-corrected chi connectivity index (χ2v) is 13.3. The predicted octanol–water partition coefficient (Wildman–Crippen LogP) is 4.56. The summed E-state index contributed by atoms with van der Waals surface area (Å²) in [5.74, 6) is 4.43. The van der Waals surface area contributed by atoms with E-state index in [9.17, 15) is 13.2 Å². The smallest absolute Gasteiger partial charge is 0.222 e. The van der Waals surface area contributed by atoms with Crippen molar-refractivity contribution < 1.29 is 17.9 Å². The molecular weight excluding hydrogens is 422 g/mol. The molecule has 3 saturated carbocycles. The van der Waals surface area contributed by atoms with Crippen LogP contribution < -0.4 is 4.74 Å². The number of hydrogen-bond donors (Lipinski definition) is 0. The zero-order chi connectivity index (χ0) is 22.8. The first-order valence-electron chi connectivity index (χ1n) is 12.3. The molecule has 1 amide bonds. The molecule has 1 heterocycles. The van der Waals surface area contributed by atoms with Gasteiger partial charge in [-0.3, -0.25) is 4.79 Å². The van der Waals surface area contributed by atoms with E-state index < -0.39 is 9.84 Å². The lowest BCUT2D eigenvalue weighted by Gasteiger charge is -2.62. The Labute approximate surface area is 192 Å². The first kappa shape index (κ1) is 22.2. The Balaban J connectivity index is 1.33. The molecule has 3 aliphatic carbocycles. The number of carbonyl (C=O) groups is 1. The Hall–Kier alpha value is -1.56. The van der Waals surface area contributed by atoms with E-state index in [-0.39, 0.29) is 11.5 Å². The maximum atomic E-state index is 12.4. The summed E-state index contributed by atoms with van der Waals surface area (Å²) < 4.78 is 29.9. The highest BCUT2D eigenvalue weighted by molar-refractivity contribution is 7.90. The zero-order valence-corrected chi connectivity index (χ0v) is 20.6. The van der Waals surface area contributed by atoms with Gasteiger partial charge in [0.1, 0.15) is 11.9 Å². The van der Waals surface area contributed by atoms with Crippen molar-refractivity contribution in [3.63, 3.8) is 0 Å². The van der Waals surface area contributed by atoms with E-state index in [1.807, 2.05) is 7.05 Å². The number of fused-ring (bicyclic) bond motifs is 5. The number of nitrogens with zero attached hydrogens (tertiary/aromatic N) is 1.